The molecule has 6 rings (SSSR count). The molecule has 10 heteroatoms. The second-order valence-electron chi connectivity index (χ2n) is 13.4. The quantitative estimate of drug-likeness (QED) is 0.163. The smallest absolute Gasteiger partial charge is 0.416 e. The first-order valence-electron chi connectivity index (χ1n) is 17.5. The molecule has 2 aliphatic rings. The van der Waals surface area contributed by atoms with E-state index in [1.54, 1.807) is 17.0 Å². The van der Waals surface area contributed by atoms with Crippen LogP contribution in [0.2, 0.25) is 0 Å². The van der Waals surface area contributed by atoms with Crippen LogP contribution in [0.4, 0.5) is 13.2 Å². The number of aliphatic carboxylic acids is 1. The zero-order valence-electron chi connectivity index (χ0n) is 28.2. The third-order valence-electron chi connectivity index (χ3n) is 9.88. The topological polar surface area (TPSA) is 95.9 Å². The number of carboxylic acid groups (broad SMARTS) is 1. The maximum Gasteiger partial charge on any atom is 0.416 e. The van der Waals surface area contributed by atoms with Crippen LogP contribution in [0, 0.1) is 5.92 Å². The average Bonchev–Trinajstić information content (AvgIpc) is 3.43. The number of rotatable bonds is 10. The van der Waals surface area contributed by atoms with E-state index < -0.39 is 35.7 Å². The number of benzene rings is 4. The number of hydrogen-bond donors (Lipinski definition) is 2. The number of fused-ring (bicyclic) bond motifs is 1. The van der Waals surface area contributed by atoms with Gasteiger partial charge in [-0.25, -0.2) is 4.79 Å². The van der Waals surface area contributed by atoms with E-state index in [0.717, 1.165) is 72.9 Å². The summed E-state index contributed by atoms with van der Waals surface area (Å²) in [6.45, 7) is 0.299. The van der Waals surface area contributed by atoms with Crippen molar-refractivity contribution >= 4 is 17.8 Å². The minimum atomic E-state index is -4.44. The van der Waals surface area contributed by atoms with E-state index in [1.165, 1.54) is 12.1 Å². The first kappa shape index (κ1) is 35.7. The summed E-state index contributed by atoms with van der Waals surface area (Å²) < 4.78 is 45.1. The van der Waals surface area contributed by atoms with E-state index in [9.17, 15) is 32.7 Å². The van der Waals surface area contributed by atoms with Gasteiger partial charge in [-0.2, -0.15) is 13.2 Å². The highest BCUT2D eigenvalue weighted by molar-refractivity contribution is 5.92. The number of carbonyl (C=O) groups excluding carboxylic acids is 2. The molecule has 4 aromatic rings. The van der Waals surface area contributed by atoms with E-state index in [0.29, 0.717) is 29.8 Å². The van der Waals surface area contributed by atoms with Gasteiger partial charge in [0.1, 0.15) is 24.4 Å². The number of amides is 2. The fourth-order valence-corrected chi connectivity index (χ4v) is 7.07. The molecule has 1 heterocycles. The highest BCUT2D eigenvalue weighted by atomic mass is 19.4. The van der Waals surface area contributed by atoms with Gasteiger partial charge in [-0.3, -0.25) is 9.59 Å². The van der Waals surface area contributed by atoms with Crippen molar-refractivity contribution in [3.63, 3.8) is 0 Å². The van der Waals surface area contributed by atoms with E-state index >= 15 is 0 Å². The maximum atomic E-state index is 14.3. The number of ether oxygens (including phenoxy) is 1. The second-order valence-corrected chi connectivity index (χ2v) is 13.4. The molecule has 2 amide bonds. The van der Waals surface area contributed by atoms with Crippen LogP contribution in [-0.2, 0) is 40.0 Å². The van der Waals surface area contributed by atoms with Crippen LogP contribution < -0.4 is 10.1 Å². The molecule has 0 spiro atoms. The van der Waals surface area contributed by atoms with Crippen LogP contribution in [0.25, 0.3) is 11.1 Å². The third kappa shape index (κ3) is 8.79. The van der Waals surface area contributed by atoms with Crippen molar-refractivity contribution < 1.29 is 37.4 Å². The number of carboxylic acids is 1. The van der Waals surface area contributed by atoms with E-state index in [1.807, 2.05) is 60.7 Å². The van der Waals surface area contributed by atoms with Crippen molar-refractivity contribution in [2.75, 3.05) is 6.54 Å². The van der Waals surface area contributed by atoms with Crippen LogP contribution in [-0.4, -0.2) is 40.4 Å². The van der Waals surface area contributed by atoms with E-state index in [2.05, 4.69) is 5.32 Å². The molecule has 1 aliphatic heterocycles. The summed E-state index contributed by atoms with van der Waals surface area (Å²) in [6, 6.07) is 25.0. The van der Waals surface area contributed by atoms with Crippen LogP contribution in [0.5, 0.6) is 5.75 Å². The van der Waals surface area contributed by atoms with Gasteiger partial charge in [-0.1, -0.05) is 98.5 Å². The molecule has 266 valence electrons. The SMILES string of the molecule is O=C(N[C@@H](Cc1ccc(-c2ccccc2)cc1)C(=O)O)C1c2cc(OCc3ccc(C(F)(F)F)cc3)ccc2CCN1C(=O)C1CCCCCC1. The number of alkyl halides is 3. The first-order chi connectivity index (χ1) is 24.6. The van der Waals surface area contributed by atoms with Gasteiger partial charge in [0.15, 0.2) is 0 Å². The summed E-state index contributed by atoms with van der Waals surface area (Å²) in [4.78, 5) is 42.5. The molecule has 1 saturated carbocycles. The number of nitrogens with zero attached hydrogens (tertiary/aromatic N) is 1. The number of carbonyl (C=O) groups is 3. The summed E-state index contributed by atoms with van der Waals surface area (Å²) in [5, 5.41) is 13.0. The Bertz CT molecular complexity index is 1820. The second kappa shape index (κ2) is 15.8. The van der Waals surface area contributed by atoms with E-state index in [4.69, 9.17) is 4.74 Å². The fourth-order valence-electron chi connectivity index (χ4n) is 7.07. The fraction of sp³-hybridized carbons (Fsp3) is 0.341. The lowest BCUT2D eigenvalue weighted by molar-refractivity contribution is -0.147. The predicted octanol–water partition coefficient (Wildman–Crippen LogP) is 8.16. The molecular weight excluding hydrogens is 657 g/mol. The summed E-state index contributed by atoms with van der Waals surface area (Å²) in [5.74, 6) is -1.74. The van der Waals surface area contributed by atoms with Gasteiger partial charge in [0.2, 0.25) is 11.8 Å². The van der Waals surface area contributed by atoms with Crippen molar-refractivity contribution in [2.45, 2.75) is 76.2 Å². The molecular formula is C41H41F3N2O5. The van der Waals surface area contributed by atoms with Crippen molar-refractivity contribution in [3.05, 3.63) is 125 Å². The lowest BCUT2D eigenvalue weighted by Gasteiger charge is -2.39. The molecule has 1 unspecified atom stereocenters. The zero-order valence-corrected chi connectivity index (χ0v) is 28.2. The Kier molecular flexibility index (Phi) is 11.1. The Morgan fingerprint density at radius 2 is 1.47 bits per heavy atom. The van der Waals surface area contributed by atoms with E-state index in [-0.39, 0.29) is 24.9 Å². The molecule has 2 atom stereocenters. The van der Waals surface area contributed by atoms with Crippen molar-refractivity contribution in [1.82, 2.24) is 10.2 Å². The van der Waals surface area contributed by atoms with Crippen molar-refractivity contribution in [2.24, 2.45) is 5.92 Å². The monoisotopic (exact) mass is 698 g/mol. The van der Waals surface area contributed by atoms with Gasteiger partial charge in [0.05, 0.1) is 5.56 Å². The van der Waals surface area contributed by atoms with Crippen LogP contribution in [0.15, 0.2) is 97.1 Å². The molecule has 4 aromatic carbocycles. The lowest BCUT2D eigenvalue weighted by atomic mass is 9.89. The third-order valence-corrected chi connectivity index (χ3v) is 9.88. The zero-order chi connectivity index (χ0) is 36.0. The van der Waals surface area contributed by atoms with Gasteiger partial charge in [-0.05, 0) is 76.9 Å². The van der Waals surface area contributed by atoms with Crippen molar-refractivity contribution in [3.8, 4) is 16.9 Å². The first-order valence-corrected chi connectivity index (χ1v) is 17.5. The Labute approximate surface area is 295 Å². The van der Waals surface area contributed by atoms with Gasteiger partial charge < -0.3 is 20.1 Å². The van der Waals surface area contributed by atoms with Crippen LogP contribution >= 0.6 is 0 Å². The number of hydrogen-bond acceptors (Lipinski definition) is 4. The molecule has 2 N–H and O–H groups in total. The minimum absolute atomic E-state index is 0.0113. The molecule has 1 aliphatic carbocycles. The molecule has 51 heavy (non-hydrogen) atoms. The molecule has 0 radical (unpaired) electrons. The lowest BCUT2D eigenvalue weighted by Crippen LogP contribution is -2.52. The predicted molar refractivity (Wildman–Crippen MR) is 187 cm³/mol. The summed E-state index contributed by atoms with van der Waals surface area (Å²) in [6.07, 6.45) is 1.57. The van der Waals surface area contributed by atoms with Gasteiger partial charge >= 0.3 is 12.1 Å². The number of halogens is 3. The summed E-state index contributed by atoms with van der Waals surface area (Å²) in [7, 11) is 0. The van der Waals surface area contributed by atoms with Crippen molar-refractivity contribution in [1.29, 1.82) is 0 Å². The Morgan fingerprint density at radius 3 is 2.12 bits per heavy atom. The Hall–Kier alpha value is -5.12. The molecule has 1 fully saturated rings. The standard InChI is InChI=1S/C41H41F3N2O5/c42-41(43,44)33-19-14-28(15-20-33)26-51-34-21-18-31-22-23-46(39(48)32-10-4-1-2-5-11-32)37(35(31)25-34)38(47)45-36(40(49)50)24-27-12-16-30(17-13-27)29-8-6-3-7-9-29/h3,6-9,12-21,25,32,36-37H,1-2,4-5,10-11,22-24,26H2,(H,45,47)(H,49,50)/t36-,37?/m0/s1. The highest BCUT2D eigenvalue weighted by Crippen LogP contribution is 2.36. The van der Waals surface area contributed by atoms with Gasteiger partial charge in [-0.15, -0.1) is 0 Å². The maximum absolute atomic E-state index is 14.3. The van der Waals surface area contributed by atoms with Crippen LogP contribution in [0.3, 0.4) is 0 Å². The molecule has 0 bridgehead atoms. The molecule has 0 aromatic heterocycles. The normalized spacial score (nSPS) is 17.2. The Morgan fingerprint density at radius 1 is 0.824 bits per heavy atom. The summed E-state index contributed by atoms with van der Waals surface area (Å²) >= 11 is 0. The molecule has 0 saturated heterocycles. The largest absolute Gasteiger partial charge is 0.489 e. The Balaban J connectivity index is 1.24. The average molecular weight is 699 g/mol. The van der Waals surface area contributed by atoms with Gasteiger partial charge in [0.25, 0.3) is 0 Å². The van der Waals surface area contributed by atoms with Crippen LogP contribution in [0.1, 0.15) is 72.4 Å². The minimum Gasteiger partial charge on any atom is -0.489 e. The summed E-state index contributed by atoms with van der Waals surface area (Å²) in [5.41, 5.74) is 3.91. The molecule has 7 nitrogen and oxygen atoms in total. The highest BCUT2D eigenvalue weighted by Gasteiger charge is 2.40. The van der Waals surface area contributed by atoms with Gasteiger partial charge in [0, 0.05) is 18.9 Å². The number of nitrogens with one attached hydrogen (secondary N) is 1.